The van der Waals surface area contributed by atoms with Crippen LogP contribution >= 0.6 is 15.6 Å². The Morgan fingerprint density at radius 3 is 1.20 bits per heavy atom. The van der Waals surface area contributed by atoms with E-state index in [0.717, 1.165) is 0 Å². The van der Waals surface area contributed by atoms with Gasteiger partial charge in [0.05, 0.1) is 0 Å². The van der Waals surface area contributed by atoms with Crippen LogP contribution in [0.3, 0.4) is 0 Å². The van der Waals surface area contributed by atoms with Crippen LogP contribution in [0.25, 0.3) is 0 Å². The summed E-state index contributed by atoms with van der Waals surface area (Å²) in [5.74, 6) is 0. The van der Waals surface area contributed by atoms with E-state index in [2.05, 4.69) is 4.31 Å². The van der Waals surface area contributed by atoms with E-state index >= 15 is 0 Å². The molecule has 0 aromatic heterocycles. The van der Waals surface area contributed by atoms with E-state index in [4.69, 9.17) is 19.6 Å². The molecule has 10 heteroatoms. The van der Waals surface area contributed by atoms with Crippen LogP contribution in [0.2, 0.25) is 0 Å². The number of hydrogen-bond acceptors (Lipinski definition) is 3. The maximum absolute atomic E-state index is 9.63. The zero-order valence-corrected chi connectivity index (χ0v) is 7.82. The molecule has 4 N–H and O–H groups in total. The molecule has 0 spiro atoms. The third-order valence-corrected chi connectivity index (χ3v) is 1.91. The monoisotopic (exact) mass is 204 g/mol. The number of phosphoric acid groups is 2. The van der Waals surface area contributed by atoms with Gasteiger partial charge in [0.25, 0.3) is 0 Å². The van der Waals surface area contributed by atoms with Crippen molar-refractivity contribution in [3.05, 3.63) is 0 Å². The summed E-state index contributed by atoms with van der Waals surface area (Å²) in [4.78, 5) is 31.0. The molecule has 0 bridgehead atoms. The van der Waals surface area contributed by atoms with Crippen LogP contribution in [0.5, 0.6) is 0 Å². The van der Waals surface area contributed by atoms with Gasteiger partial charge in [0.1, 0.15) is 0 Å². The molecule has 0 unspecified atom stereocenters. The quantitative estimate of drug-likeness (QED) is 0.337. The van der Waals surface area contributed by atoms with Gasteiger partial charge in [-0.2, -0.15) is 4.31 Å². The Morgan fingerprint density at radius 2 is 1.20 bits per heavy atom. The molecule has 0 amide bonds. The van der Waals surface area contributed by atoms with Crippen molar-refractivity contribution in [1.82, 2.24) is 0 Å². The maximum atomic E-state index is 9.63. The van der Waals surface area contributed by atoms with Gasteiger partial charge in [-0.3, -0.25) is 0 Å². The molecule has 0 aliphatic heterocycles. The summed E-state index contributed by atoms with van der Waals surface area (Å²) in [5, 5.41) is 0. The van der Waals surface area contributed by atoms with Gasteiger partial charge in [0.2, 0.25) is 0 Å². The van der Waals surface area contributed by atoms with Gasteiger partial charge in [0.15, 0.2) is 0 Å². The molecule has 0 rings (SSSR count). The SMILES string of the molecule is O=P(O)(O)OP(=O)(O)O.[H-].[H-].[Mg+2]. The largest absolute Gasteiger partial charge is 2.00 e. The molecule has 0 aliphatic carbocycles. The van der Waals surface area contributed by atoms with E-state index in [1.54, 1.807) is 0 Å². The van der Waals surface area contributed by atoms with Crippen molar-refractivity contribution in [1.29, 1.82) is 0 Å². The molecule has 0 aromatic carbocycles. The minimum absolute atomic E-state index is 0. The second kappa shape index (κ2) is 4.15. The van der Waals surface area contributed by atoms with E-state index in [9.17, 15) is 9.13 Å². The Balaban J connectivity index is -0.000000107. The Bertz CT molecular complexity index is 160. The molecule has 7 nitrogen and oxygen atoms in total. The summed E-state index contributed by atoms with van der Waals surface area (Å²) < 4.78 is 22.2. The molecule has 0 fully saturated rings. The third-order valence-electron chi connectivity index (χ3n) is 0.213. The van der Waals surface area contributed by atoms with Crippen molar-refractivity contribution >= 4 is 38.7 Å². The minimum atomic E-state index is -5.05. The van der Waals surface area contributed by atoms with Crippen molar-refractivity contribution in [3.8, 4) is 0 Å². The number of rotatable bonds is 2. The van der Waals surface area contributed by atoms with Gasteiger partial charge in [-0.25, -0.2) is 9.13 Å². The predicted molar refractivity (Wildman–Crippen MR) is 33.2 cm³/mol. The Hall–Kier alpha value is 1.03. The van der Waals surface area contributed by atoms with Crippen LogP contribution in [-0.4, -0.2) is 42.6 Å². The maximum Gasteiger partial charge on any atom is 2.00 e. The van der Waals surface area contributed by atoms with Crippen molar-refractivity contribution in [3.63, 3.8) is 0 Å². The third kappa shape index (κ3) is 11.8. The van der Waals surface area contributed by atoms with Crippen LogP contribution in [0.15, 0.2) is 0 Å². The zero-order valence-electron chi connectivity index (χ0n) is 6.62. The fourth-order valence-corrected chi connectivity index (χ4v) is 1.25. The van der Waals surface area contributed by atoms with Gasteiger partial charge in [-0.05, 0) is 0 Å². The van der Waals surface area contributed by atoms with Crippen molar-refractivity contribution in [2.75, 3.05) is 0 Å². The fourth-order valence-electron chi connectivity index (χ4n) is 0.139. The van der Waals surface area contributed by atoms with Gasteiger partial charge in [0, 0.05) is 0 Å². The number of hydrogen-bond donors (Lipinski definition) is 4. The van der Waals surface area contributed by atoms with E-state index < -0.39 is 15.6 Å². The van der Waals surface area contributed by atoms with E-state index in [-0.39, 0.29) is 25.9 Å². The van der Waals surface area contributed by atoms with Crippen molar-refractivity contribution in [2.45, 2.75) is 0 Å². The second-order valence-electron chi connectivity index (χ2n) is 1.06. The molecular formula is H6MgO7P2. The van der Waals surface area contributed by atoms with E-state index in [1.165, 1.54) is 0 Å². The van der Waals surface area contributed by atoms with Crippen LogP contribution in [0.4, 0.5) is 0 Å². The summed E-state index contributed by atoms with van der Waals surface area (Å²) >= 11 is 0. The molecular weight excluding hydrogens is 198 g/mol. The summed E-state index contributed by atoms with van der Waals surface area (Å²) in [6.07, 6.45) is 0. The topological polar surface area (TPSA) is 124 Å². The molecule has 0 radical (unpaired) electrons. The molecule has 0 saturated carbocycles. The van der Waals surface area contributed by atoms with Crippen LogP contribution in [-0.2, 0) is 13.4 Å². The minimum Gasteiger partial charge on any atom is -1.00 e. The van der Waals surface area contributed by atoms with Gasteiger partial charge < -0.3 is 22.4 Å². The normalized spacial score (nSPS) is 12.4. The average molecular weight is 204 g/mol. The molecule has 0 aromatic rings. The van der Waals surface area contributed by atoms with Gasteiger partial charge >= 0.3 is 38.7 Å². The Morgan fingerprint density at radius 1 is 1.00 bits per heavy atom. The summed E-state index contributed by atoms with van der Waals surface area (Å²) in [5.41, 5.74) is 0. The van der Waals surface area contributed by atoms with Gasteiger partial charge in [-0.15, -0.1) is 0 Å². The second-order valence-corrected chi connectivity index (χ2v) is 3.68. The molecule has 0 heterocycles. The first-order valence-corrected chi connectivity index (χ1v) is 4.59. The predicted octanol–water partition coefficient (Wildman–Crippen LogP) is -0.967. The zero-order chi connectivity index (χ0) is 7.71. The van der Waals surface area contributed by atoms with E-state index in [0.29, 0.717) is 0 Å². The van der Waals surface area contributed by atoms with Crippen LogP contribution in [0, 0.1) is 0 Å². The summed E-state index contributed by atoms with van der Waals surface area (Å²) in [7, 11) is -10.1. The van der Waals surface area contributed by atoms with Crippen molar-refractivity contribution < 1.29 is 35.9 Å². The van der Waals surface area contributed by atoms with Crippen molar-refractivity contribution in [2.24, 2.45) is 0 Å². The molecule has 60 valence electrons. The molecule has 0 atom stereocenters. The first-order chi connectivity index (χ1) is 3.71. The molecule has 0 saturated heterocycles. The fraction of sp³-hybridized carbons (Fsp3) is 0. The smallest absolute Gasteiger partial charge is 1.00 e. The van der Waals surface area contributed by atoms with Crippen LogP contribution < -0.4 is 0 Å². The first-order valence-electron chi connectivity index (χ1n) is 1.53. The Labute approximate surface area is 75.0 Å². The van der Waals surface area contributed by atoms with E-state index in [1.807, 2.05) is 0 Å². The summed E-state index contributed by atoms with van der Waals surface area (Å²) in [6, 6.07) is 0. The summed E-state index contributed by atoms with van der Waals surface area (Å²) in [6.45, 7) is 0. The molecule has 0 aliphatic rings. The van der Waals surface area contributed by atoms with Crippen LogP contribution in [0.1, 0.15) is 2.85 Å². The average Bonchev–Trinajstić information content (AvgIpc) is 1.14. The van der Waals surface area contributed by atoms with Gasteiger partial charge in [-0.1, -0.05) is 0 Å². The standard InChI is InChI=1S/Mg.H4O7P2.2H/c;1-8(2,3)7-9(4,5)6;;/h;(H2,1,2,3)(H2,4,5,6);;/q+2;;2*-1. The Kier molecular flexibility index (Phi) is 5.65. The molecule has 10 heavy (non-hydrogen) atoms. The first kappa shape index (κ1) is 13.6.